The summed E-state index contributed by atoms with van der Waals surface area (Å²) in [6.07, 6.45) is 1.59. The quantitative estimate of drug-likeness (QED) is 0.468. The molecule has 2 heterocycles. The van der Waals surface area contributed by atoms with Gasteiger partial charge in [-0.05, 0) is 41.4 Å². The van der Waals surface area contributed by atoms with Crippen LogP contribution < -0.4 is 9.47 Å². The number of nitrogens with zero attached hydrogens (tertiary/aromatic N) is 4. The number of hydrogen-bond acceptors (Lipinski definition) is 5. The summed E-state index contributed by atoms with van der Waals surface area (Å²) in [4.78, 5) is 8.52. The van der Waals surface area contributed by atoms with E-state index in [9.17, 15) is 4.39 Å². The number of halogens is 2. The number of benzene rings is 2. The molecule has 0 saturated carbocycles. The van der Waals surface area contributed by atoms with Crippen LogP contribution in [0.15, 0.2) is 48.7 Å². The molecule has 0 amide bonds. The summed E-state index contributed by atoms with van der Waals surface area (Å²) in [5, 5.41) is 4.42. The second kappa shape index (κ2) is 7.44. The van der Waals surface area contributed by atoms with Gasteiger partial charge in [-0.1, -0.05) is 18.2 Å². The van der Waals surface area contributed by atoms with E-state index in [4.69, 9.17) is 21.1 Å². The fraction of sp³-hybridized carbons (Fsp3) is 0.150. The molecule has 4 aromatic rings. The molecular weight excluding hydrogens is 383 g/mol. The topological polar surface area (TPSA) is 62.1 Å². The van der Waals surface area contributed by atoms with Crippen molar-refractivity contribution in [2.75, 3.05) is 14.2 Å². The Morgan fingerprint density at radius 1 is 1.04 bits per heavy atom. The van der Waals surface area contributed by atoms with Gasteiger partial charge in [0.2, 0.25) is 5.28 Å². The standard InChI is InChI=1S/C20H16ClFN4O2/c1-27-13-8-6-12(7-9-13)11-26-19-15(10-23-26)24-20(21)25-18(19)17-14(22)4-3-5-16(17)28-2/h3-10H,11H2,1-2H3. The van der Waals surface area contributed by atoms with Crippen molar-refractivity contribution in [2.45, 2.75) is 6.54 Å². The van der Waals surface area contributed by atoms with Crippen molar-refractivity contribution in [3.63, 3.8) is 0 Å². The monoisotopic (exact) mass is 398 g/mol. The highest BCUT2D eigenvalue weighted by Crippen LogP contribution is 2.36. The lowest BCUT2D eigenvalue weighted by Gasteiger charge is -2.12. The Morgan fingerprint density at radius 2 is 1.82 bits per heavy atom. The Morgan fingerprint density at radius 3 is 2.54 bits per heavy atom. The predicted octanol–water partition coefficient (Wildman–Crippen LogP) is 4.35. The second-order valence-electron chi connectivity index (χ2n) is 6.04. The van der Waals surface area contributed by atoms with Gasteiger partial charge in [0.1, 0.15) is 34.0 Å². The van der Waals surface area contributed by atoms with E-state index in [0.717, 1.165) is 11.3 Å². The minimum Gasteiger partial charge on any atom is -0.497 e. The predicted molar refractivity (Wildman–Crippen MR) is 104 cm³/mol. The van der Waals surface area contributed by atoms with Crippen molar-refractivity contribution in [3.05, 3.63) is 65.3 Å². The molecule has 2 aromatic carbocycles. The second-order valence-corrected chi connectivity index (χ2v) is 6.38. The van der Waals surface area contributed by atoms with Gasteiger partial charge in [-0.3, -0.25) is 4.68 Å². The van der Waals surface area contributed by atoms with Crippen LogP contribution in [-0.2, 0) is 6.54 Å². The van der Waals surface area contributed by atoms with Crippen LogP contribution in [0.1, 0.15) is 5.56 Å². The highest BCUT2D eigenvalue weighted by molar-refractivity contribution is 6.28. The van der Waals surface area contributed by atoms with Gasteiger partial charge < -0.3 is 9.47 Å². The third-order valence-corrected chi connectivity index (χ3v) is 4.55. The van der Waals surface area contributed by atoms with Crippen molar-refractivity contribution < 1.29 is 13.9 Å². The van der Waals surface area contributed by atoms with E-state index < -0.39 is 5.82 Å². The molecule has 28 heavy (non-hydrogen) atoms. The Bertz CT molecular complexity index is 1150. The molecule has 0 saturated heterocycles. The third kappa shape index (κ3) is 3.25. The molecule has 0 aliphatic carbocycles. The van der Waals surface area contributed by atoms with Crippen molar-refractivity contribution in [1.82, 2.24) is 19.7 Å². The molecule has 0 aliphatic rings. The van der Waals surface area contributed by atoms with Crippen LogP contribution in [0.2, 0.25) is 5.28 Å². The van der Waals surface area contributed by atoms with Crippen molar-refractivity contribution in [3.8, 4) is 22.8 Å². The SMILES string of the molecule is COc1ccc(Cn2ncc3nc(Cl)nc(-c4c(F)cccc4OC)c32)cc1. The molecule has 0 bridgehead atoms. The van der Waals surface area contributed by atoms with Gasteiger partial charge in [-0.15, -0.1) is 0 Å². The van der Waals surface area contributed by atoms with Crippen molar-refractivity contribution in [1.29, 1.82) is 0 Å². The molecule has 0 fully saturated rings. The molecule has 6 nitrogen and oxygen atoms in total. The molecular formula is C20H16ClFN4O2. The molecule has 0 unspecified atom stereocenters. The van der Waals surface area contributed by atoms with Crippen LogP contribution in [0.25, 0.3) is 22.3 Å². The van der Waals surface area contributed by atoms with Gasteiger partial charge >= 0.3 is 0 Å². The number of rotatable bonds is 5. The Hall–Kier alpha value is -3.19. The first-order valence-electron chi connectivity index (χ1n) is 8.45. The summed E-state index contributed by atoms with van der Waals surface area (Å²) < 4.78 is 27.0. The molecule has 0 spiro atoms. The molecule has 142 valence electrons. The van der Waals surface area contributed by atoms with Crippen LogP contribution in [0.4, 0.5) is 4.39 Å². The summed E-state index contributed by atoms with van der Waals surface area (Å²) in [5.74, 6) is 0.654. The Labute approximate surface area is 165 Å². The lowest BCUT2D eigenvalue weighted by molar-refractivity contribution is 0.413. The number of aromatic nitrogens is 4. The molecule has 0 N–H and O–H groups in total. The fourth-order valence-electron chi connectivity index (χ4n) is 3.07. The van der Waals surface area contributed by atoms with E-state index in [1.54, 1.807) is 30.1 Å². The molecule has 2 aromatic heterocycles. The zero-order valence-electron chi connectivity index (χ0n) is 15.2. The van der Waals surface area contributed by atoms with E-state index in [-0.39, 0.29) is 10.8 Å². The van der Waals surface area contributed by atoms with Gasteiger partial charge in [0, 0.05) is 0 Å². The van der Waals surface area contributed by atoms with Gasteiger partial charge in [0.25, 0.3) is 0 Å². The summed E-state index contributed by atoms with van der Waals surface area (Å²) in [7, 11) is 3.10. The van der Waals surface area contributed by atoms with Crippen molar-refractivity contribution in [2.24, 2.45) is 0 Å². The lowest BCUT2D eigenvalue weighted by atomic mass is 10.1. The zero-order valence-corrected chi connectivity index (χ0v) is 15.9. The van der Waals surface area contributed by atoms with E-state index in [0.29, 0.717) is 29.0 Å². The molecule has 0 radical (unpaired) electrons. The average Bonchev–Trinajstić information content (AvgIpc) is 3.10. The minimum absolute atomic E-state index is 0.0109. The Kier molecular flexibility index (Phi) is 4.83. The summed E-state index contributed by atoms with van der Waals surface area (Å²) in [5.41, 5.74) is 2.64. The van der Waals surface area contributed by atoms with Gasteiger partial charge in [-0.25, -0.2) is 14.4 Å². The van der Waals surface area contributed by atoms with Gasteiger partial charge in [0.15, 0.2) is 0 Å². The van der Waals surface area contributed by atoms with E-state index in [2.05, 4.69) is 15.1 Å². The average molecular weight is 399 g/mol. The van der Waals surface area contributed by atoms with Crippen molar-refractivity contribution >= 4 is 22.6 Å². The summed E-state index contributed by atoms with van der Waals surface area (Å²) in [6.45, 7) is 0.447. The first-order valence-corrected chi connectivity index (χ1v) is 8.83. The Balaban J connectivity index is 1.89. The summed E-state index contributed by atoms with van der Waals surface area (Å²) in [6, 6.07) is 12.2. The maximum atomic E-state index is 14.7. The highest BCUT2D eigenvalue weighted by atomic mass is 35.5. The fourth-order valence-corrected chi connectivity index (χ4v) is 3.25. The molecule has 0 atom stereocenters. The van der Waals surface area contributed by atoms with E-state index >= 15 is 0 Å². The summed E-state index contributed by atoms with van der Waals surface area (Å²) >= 11 is 6.09. The number of hydrogen-bond donors (Lipinski definition) is 0. The number of ether oxygens (including phenoxy) is 2. The lowest BCUT2D eigenvalue weighted by Crippen LogP contribution is -2.05. The maximum Gasteiger partial charge on any atom is 0.223 e. The first kappa shape index (κ1) is 18.2. The van der Waals surface area contributed by atoms with Crippen LogP contribution >= 0.6 is 11.6 Å². The molecule has 4 rings (SSSR count). The first-order chi connectivity index (χ1) is 13.6. The van der Waals surface area contributed by atoms with Crippen LogP contribution in [0.5, 0.6) is 11.5 Å². The smallest absolute Gasteiger partial charge is 0.223 e. The number of fused-ring (bicyclic) bond motifs is 1. The minimum atomic E-state index is -0.465. The van der Waals surface area contributed by atoms with Gasteiger partial charge in [-0.2, -0.15) is 5.10 Å². The van der Waals surface area contributed by atoms with Crippen LogP contribution in [0.3, 0.4) is 0 Å². The largest absolute Gasteiger partial charge is 0.497 e. The van der Waals surface area contributed by atoms with Gasteiger partial charge in [0.05, 0.1) is 32.5 Å². The normalized spacial score (nSPS) is 11.0. The van der Waals surface area contributed by atoms with Crippen LogP contribution in [0, 0.1) is 5.82 Å². The number of methoxy groups -OCH3 is 2. The van der Waals surface area contributed by atoms with Crippen LogP contribution in [-0.4, -0.2) is 34.0 Å². The molecule has 8 heteroatoms. The van der Waals surface area contributed by atoms with E-state index in [1.165, 1.54) is 13.2 Å². The zero-order chi connectivity index (χ0) is 19.7. The third-order valence-electron chi connectivity index (χ3n) is 4.38. The highest BCUT2D eigenvalue weighted by Gasteiger charge is 2.21. The molecule has 0 aliphatic heterocycles. The van der Waals surface area contributed by atoms with E-state index in [1.807, 2.05) is 24.3 Å². The maximum absolute atomic E-state index is 14.7.